The van der Waals surface area contributed by atoms with Gasteiger partial charge in [0.2, 0.25) is 5.89 Å². The van der Waals surface area contributed by atoms with Gasteiger partial charge in [0.05, 0.1) is 12.0 Å². The third kappa shape index (κ3) is 2.13. The van der Waals surface area contributed by atoms with Gasteiger partial charge in [-0.25, -0.2) is 0 Å². The third-order valence-electron chi connectivity index (χ3n) is 4.17. The van der Waals surface area contributed by atoms with Gasteiger partial charge < -0.3 is 15.4 Å². The first-order chi connectivity index (χ1) is 9.76. The minimum absolute atomic E-state index is 0.168. The first-order valence-corrected chi connectivity index (χ1v) is 7.02. The average molecular weight is 273 g/mol. The van der Waals surface area contributed by atoms with Crippen LogP contribution in [0.1, 0.15) is 49.0 Å². The zero-order chi connectivity index (χ0) is 14.0. The van der Waals surface area contributed by atoms with Crippen molar-refractivity contribution in [2.24, 2.45) is 5.73 Å². The zero-order valence-electron chi connectivity index (χ0n) is 11.3. The molecule has 3 rings (SSSR count). The number of aliphatic hydroxyl groups is 1. The van der Waals surface area contributed by atoms with Crippen LogP contribution in [0.3, 0.4) is 0 Å². The molecule has 1 atom stereocenters. The zero-order valence-corrected chi connectivity index (χ0v) is 11.3. The minimum Gasteiger partial charge on any atom is -0.394 e. The van der Waals surface area contributed by atoms with E-state index in [4.69, 9.17) is 15.4 Å². The fourth-order valence-electron chi connectivity index (χ4n) is 3.04. The summed E-state index contributed by atoms with van der Waals surface area (Å²) < 4.78 is 5.23. The van der Waals surface area contributed by atoms with Gasteiger partial charge in [0.15, 0.2) is 5.82 Å². The second kappa shape index (κ2) is 5.34. The molecule has 1 heterocycles. The molecule has 0 aliphatic heterocycles. The predicted molar refractivity (Wildman–Crippen MR) is 74.0 cm³/mol. The predicted octanol–water partition coefficient (Wildman–Crippen LogP) is 1.92. The first kappa shape index (κ1) is 13.3. The number of hydrogen-bond donors (Lipinski definition) is 2. The number of rotatable bonds is 4. The van der Waals surface area contributed by atoms with Crippen LogP contribution in [-0.4, -0.2) is 21.9 Å². The molecular weight excluding hydrogens is 254 g/mol. The van der Waals surface area contributed by atoms with E-state index >= 15 is 0 Å². The lowest BCUT2D eigenvalue weighted by Gasteiger charge is -2.25. The Balaban J connectivity index is 2.01. The molecule has 0 bridgehead atoms. The molecule has 2 aromatic rings. The van der Waals surface area contributed by atoms with Crippen LogP contribution in [0.4, 0.5) is 0 Å². The van der Waals surface area contributed by atoms with Crippen molar-refractivity contribution in [3.8, 4) is 0 Å². The highest BCUT2D eigenvalue weighted by Crippen LogP contribution is 2.45. The normalized spacial score (nSPS) is 19.1. The molecule has 0 amide bonds. The average Bonchev–Trinajstić information content (AvgIpc) is 3.17. The number of aromatic nitrogens is 2. The lowest BCUT2D eigenvalue weighted by molar-refractivity contribution is 0.236. The highest BCUT2D eigenvalue weighted by molar-refractivity contribution is 5.33. The van der Waals surface area contributed by atoms with Crippen molar-refractivity contribution >= 4 is 0 Å². The van der Waals surface area contributed by atoms with Gasteiger partial charge in [-0.3, -0.25) is 0 Å². The monoisotopic (exact) mass is 273 g/mol. The summed E-state index contributed by atoms with van der Waals surface area (Å²) in [5.74, 6) is 1.00. The summed E-state index contributed by atoms with van der Waals surface area (Å²) in [6, 6.07) is 9.72. The summed E-state index contributed by atoms with van der Waals surface area (Å²) in [5, 5.41) is 13.2. The molecule has 1 aromatic carbocycles. The molecule has 20 heavy (non-hydrogen) atoms. The van der Waals surface area contributed by atoms with Gasteiger partial charge in [-0.05, 0) is 18.4 Å². The van der Waals surface area contributed by atoms with E-state index in [0.717, 1.165) is 25.7 Å². The van der Waals surface area contributed by atoms with Crippen LogP contribution < -0.4 is 5.73 Å². The van der Waals surface area contributed by atoms with E-state index in [2.05, 4.69) is 22.3 Å². The maximum absolute atomic E-state index is 9.09. The van der Waals surface area contributed by atoms with Crippen molar-refractivity contribution in [1.29, 1.82) is 0 Å². The molecule has 0 radical (unpaired) electrons. The van der Waals surface area contributed by atoms with Gasteiger partial charge in [-0.15, -0.1) is 0 Å². The first-order valence-electron chi connectivity index (χ1n) is 7.02. The van der Waals surface area contributed by atoms with Crippen molar-refractivity contribution in [2.75, 3.05) is 6.61 Å². The fourth-order valence-corrected chi connectivity index (χ4v) is 3.04. The standard InChI is InChI=1S/C15H19N3O2/c16-12(10-19)13-17-14(18-20-13)15(8-4-5-9-15)11-6-2-1-3-7-11/h1-3,6-7,12,19H,4-5,8-10,16H2/t12-/m1/s1. The molecule has 0 saturated heterocycles. The van der Waals surface area contributed by atoms with Crippen LogP contribution in [-0.2, 0) is 5.41 Å². The molecule has 1 saturated carbocycles. The second-order valence-electron chi connectivity index (χ2n) is 5.40. The summed E-state index contributed by atoms with van der Waals surface area (Å²) in [4.78, 5) is 4.45. The van der Waals surface area contributed by atoms with Gasteiger partial charge in [0.25, 0.3) is 0 Å². The summed E-state index contributed by atoms with van der Waals surface area (Å²) >= 11 is 0. The van der Waals surface area contributed by atoms with Crippen molar-refractivity contribution in [3.05, 3.63) is 47.6 Å². The fraction of sp³-hybridized carbons (Fsp3) is 0.467. The highest BCUT2D eigenvalue weighted by Gasteiger charge is 2.41. The summed E-state index contributed by atoms with van der Waals surface area (Å²) in [5.41, 5.74) is 6.80. The topological polar surface area (TPSA) is 85.2 Å². The Labute approximate surface area is 117 Å². The van der Waals surface area contributed by atoms with E-state index in [-0.39, 0.29) is 12.0 Å². The number of nitrogens with two attached hydrogens (primary N) is 1. The van der Waals surface area contributed by atoms with Gasteiger partial charge in [0, 0.05) is 0 Å². The van der Waals surface area contributed by atoms with E-state index in [1.54, 1.807) is 0 Å². The van der Waals surface area contributed by atoms with Crippen LogP contribution in [0, 0.1) is 0 Å². The maximum Gasteiger partial charge on any atom is 0.245 e. The van der Waals surface area contributed by atoms with Gasteiger partial charge in [0.1, 0.15) is 6.04 Å². The molecule has 1 aromatic heterocycles. The Kier molecular flexibility index (Phi) is 3.54. The van der Waals surface area contributed by atoms with Crippen molar-refractivity contribution in [2.45, 2.75) is 37.1 Å². The van der Waals surface area contributed by atoms with E-state index in [1.807, 2.05) is 18.2 Å². The van der Waals surface area contributed by atoms with E-state index in [1.165, 1.54) is 5.56 Å². The van der Waals surface area contributed by atoms with Crippen molar-refractivity contribution < 1.29 is 9.63 Å². The molecule has 3 N–H and O–H groups in total. The smallest absolute Gasteiger partial charge is 0.245 e. The van der Waals surface area contributed by atoms with Gasteiger partial charge in [-0.1, -0.05) is 48.3 Å². The third-order valence-corrected chi connectivity index (χ3v) is 4.17. The molecule has 1 fully saturated rings. The van der Waals surface area contributed by atoms with E-state index < -0.39 is 6.04 Å². The van der Waals surface area contributed by atoms with Crippen LogP contribution >= 0.6 is 0 Å². The Bertz CT molecular complexity index is 562. The van der Waals surface area contributed by atoms with Crippen LogP contribution in [0.25, 0.3) is 0 Å². The maximum atomic E-state index is 9.09. The Morgan fingerprint density at radius 2 is 1.95 bits per heavy atom. The van der Waals surface area contributed by atoms with Crippen LogP contribution in [0.2, 0.25) is 0 Å². The van der Waals surface area contributed by atoms with Crippen molar-refractivity contribution in [1.82, 2.24) is 10.1 Å². The lowest BCUT2D eigenvalue weighted by atomic mass is 9.78. The molecule has 0 spiro atoms. The molecule has 5 heteroatoms. The highest BCUT2D eigenvalue weighted by atomic mass is 16.5. The summed E-state index contributed by atoms with van der Waals surface area (Å²) in [6.45, 7) is -0.194. The summed E-state index contributed by atoms with van der Waals surface area (Å²) in [7, 11) is 0. The molecule has 1 aliphatic carbocycles. The van der Waals surface area contributed by atoms with Gasteiger partial charge >= 0.3 is 0 Å². The number of benzene rings is 1. The largest absolute Gasteiger partial charge is 0.394 e. The SMILES string of the molecule is N[C@H](CO)c1nc(C2(c3ccccc3)CCCC2)no1. The van der Waals surface area contributed by atoms with Crippen LogP contribution in [0.15, 0.2) is 34.9 Å². The van der Waals surface area contributed by atoms with E-state index in [0.29, 0.717) is 11.7 Å². The minimum atomic E-state index is -0.606. The Hall–Kier alpha value is -1.72. The number of hydrogen-bond acceptors (Lipinski definition) is 5. The molecule has 106 valence electrons. The second-order valence-corrected chi connectivity index (χ2v) is 5.40. The van der Waals surface area contributed by atoms with Crippen molar-refractivity contribution in [3.63, 3.8) is 0 Å². The summed E-state index contributed by atoms with van der Waals surface area (Å²) in [6.07, 6.45) is 4.35. The number of nitrogens with zero attached hydrogens (tertiary/aromatic N) is 2. The Morgan fingerprint density at radius 1 is 1.25 bits per heavy atom. The van der Waals surface area contributed by atoms with Crippen LogP contribution in [0.5, 0.6) is 0 Å². The Morgan fingerprint density at radius 3 is 2.60 bits per heavy atom. The lowest BCUT2D eigenvalue weighted by Crippen LogP contribution is -2.25. The number of aliphatic hydroxyl groups excluding tert-OH is 1. The molecule has 5 nitrogen and oxygen atoms in total. The van der Waals surface area contributed by atoms with E-state index in [9.17, 15) is 0 Å². The molecular formula is C15H19N3O2. The molecule has 0 unspecified atom stereocenters. The van der Waals surface area contributed by atoms with Gasteiger partial charge in [-0.2, -0.15) is 4.98 Å². The quantitative estimate of drug-likeness (QED) is 0.889. The molecule has 1 aliphatic rings.